The van der Waals surface area contributed by atoms with Gasteiger partial charge < -0.3 is 21.7 Å². The first-order valence-corrected chi connectivity index (χ1v) is 15.6. The van der Waals surface area contributed by atoms with Crippen molar-refractivity contribution in [3.63, 3.8) is 0 Å². The third-order valence-electron chi connectivity index (χ3n) is 9.13. The minimum atomic E-state index is -0.650. The molecule has 0 bridgehead atoms. The standard InChI is InChI=1S/C33H45ClN6O2/c34-29-13-10-25(11-14-29)20-30(39-31(41)15-12-26-6-4-5-7-27(26)21-35)32(42)40-18-16-33(17-19-40,22-37-24-38-23-36)28-8-2-1-3-9-28/h4-7,10-11,13-14,23-24,28,30H,1-3,8-9,12,15-22,35H2,(H,39,41)(H2,36,37,38). The molecule has 1 heterocycles. The van der Waals surface area contributed by atoms with Crippen molar-refractivity contribution in [2.45, 2.75) is 76.8 Å². The molecule has 0 aromatic heterocycles. The second-order valence-electron chi connectivity index (χ2n) is 11.7. The van der Waals surface area contributed by atoms with E-state index in [0.29, 0.717) is 50.0 Å². The highest BCUT2D eigenvalue weighted by atomic mass is 35.5. The number of carbonyl (C=O) groups excluding carboxylic acids is 2. The summed E-state index contributed by atoms with van der Waals surface area (Å²) in [6.07, 6.45) is 12.1. The molecule has 5 N–H and O–H groups in total. The topological polar surface area (TPSA) is 126 Å². The van der Waals surface area contributed by atoms with E-state index in [4.69, 9.17) is 23.1 Å². The maximum Gasteiger partial charge on any atom is 0.245 e. The molecular weight excluding hydrogens is 548 g/mol. The van der Waals surface area contributed by atoms with Gasteiger partial charge in [-0.1, -0.05) is 67.3 Å². The van der Waals surface area contributed by atoms with Gasteiger partial charge in [-0.25, -0.2) is 4.99 Å². The van der Waals surface area contributed by atoms with Crippen molar-refractivity contribution >= 4 is 36.1 Å². The summed E-state index contributed by atoms with van der Waals surface area (Å²) in [5.74, 6) is 0.426. The van der Waals surface area contributed by atoms with E-state index in [1.54, 1.807) is 6.34 Å². The Morgan fingerprint density at radius 1 is 1.05 bits per heavy atom. The number of carbonyl (C=O) groups is 2. The molecule has 2 aromatic carbocycles. The van der Waals surface area contributed by atoms with Gasteiger partial charge in [0.15, 0.2) is 0 Å². The molecule has 1 aliphatic carbocycles. The van der Waals surface area contributed by atoms with Gasteiger partial charge in [0.05, 0.1) is 6.34 Å². The molecule has 2 aliphatic rings. The van der Waals surface area contributed by atoms with Crippen LogP contribution in [-0.2, 0) is 29.0 Å². The van der Waals surface area contributed by atoms with Crippen LogP contribution in [0.5, 0.6) is 0 Å². The van der Waals surface area contributed by atoms with Crippen LogP contribution in [0.25, 0.3) is 0 Å². The molecule has 1 saturated heterocycles. The number of nitrogens with zero attached hydrogens (tertiary/aromatic N) is 3. The molecular formula is C33H45ClN6O2. The zero-order valence-corrected chi connectivity index (χ0v) is 25.3. The number of halogens is 1. The van der Waals surface area contributed by atoms with Gasteiger partial charge in [0.2, 0.25) is 11.8 Å². The number of aryl methyl sites for hydroxylation is 1. The van der Waals surface area contributed by atoms with E-state index in [0.717, 1.165) is 29.5 Å². The molecule has 2 aromatic rings. The summed E-state index contributed by atoms with van der Waals surface area (Å²) < 4.78 is 0. The molecule has 4 rings (SSSR count). The minimum absolute atomic E-state index is 0.0332. The number of piperidine rings is 1. The Labute approximate surface area is 255 Å². The largest absolute Gasteiger partial charge is 0.390 e. The Morgan fingerprint density at radius 2 is 1.74 bits per heavy atom. The number of likely N-dealkylation sites (tertiary alicyclic amines) is 1. The summed E-state index contributed by atoms with van der Waals surface area (Å²) in [5.41, 5.74) is 14.4. The molecule has 2 fully saturated rings. The van der Waals surface area contributed by atoms with Gasteiger partial charge in [0, 0.05) is 44.0 Å². The van der Waals surface area contributed by atoms with E-state index in [-0.39, 0.29) is 23.7 Å². The van der Waals surface area contributed by atoms with Crippen molar-refractivity contribution in [1.82, 2.24) is 10.2 Å². The first-order valence-electron chi connectivity index (χ1n) is 15.3. The van der Waals surface area contributed by atoms with Crippen LogP contribution in [0.1, 0.15) is 68.1 Å². The van der Waals surface area contributed by atoms with Crippen molar-refractivity contribution in [3.05, 3.63) is 70.2 Å². The lowest BCUT2D eigenvalue weighted by Crippen LogP contribution is -2.54. The SMILES string of the molecule is NC=NC=NCC1(C2CCCCC2)CCN(C(=O)C(Cc2ccc(Cl)cc2)NC(=O)CCc2ccccc2CN)CC1. The van der Waals surface area contributed by atoms with E-state index in [2.05, 4.69) is 15.3 Å². The molecule has 2 amide bonds. The maximum absolute atomic E-state index is 14.0. The summed E-state index contributed by atoms with van der Waals surface area (Å²) in [6, 6.07) is 14.7. The summed E-state index contributed by atoms with van der Waals surface area (Å²) >= 11 is 6.11. The first kappa shape index (κ1) is 31.7. The fourth-order valence-electron chi connectivity index (χ4n) is 6.68. The van der Waals surface area contributed by atoms with Gasteiger partial charge in [0.1, 0.15) is 12.4 Å². The van der Waals surface area contributed by atoms with Crippen molar-refractivity contribution in [1.29, 1.82) is 0 Å². The number of rotatable bonds is 12. The van der Waals surface area contributed by atoms with E-state index >= 15 is 0 Å². The number of aliphatic imine (C=N–C) groups is 2. The predicted octanol–water partition coefficient (Wildman–Crippen LogP) is 4.66. The van der Waals surface area contributed by atoms with Crippen LogP contribution < -0.4 is 16.8 Å². The molecule has 226 valence electrons. The average Bonchev–Trinajstić information content (AvgIpc) is 3.03. The summed E-state index contributed by atoms with van der Waals surface area (Å²) in [5, 5.41) is 3.71. The smallest absolute Gasteiger partial charge is 0.245 e. The molecule has 1 atom stereocenters. The van der Waals surface area contributed by atoms with Gasteiger partial charge in [-0.2, -0.15) is 0 Å². The van der Waals surface area contributed by atoms with Crippen LogP contribution >= 0.6 is 11.6 Å². The lowest BCUT2D eigenvalue weighted by molar-refractivity contribution is -0.139. The highest BCUT2D eigenvalue weighted by Crippen LogP contribution is 2.46. The zero-order valence-electron chi connectivity index (χ0n) is 24.5. The Balaban J connectivity index is 1.45. The maximum atomic E-state index is 14.0. The Bertz CT molecular complexity index is 1220. The number of hydrogen-bond donors (Lipinski definition) is 3. The van der Waals surface area contributed by atoms with Crippen molar-refractivity contribution in [3.8, 4) is 0 Å². The third-order valence-corrected chi connectivity index (χ3v) is 9.38. The molecule has 42 heavy (non-hydrogen) atoms. The second kappa shape index (κ2) is 15.8. The van der Waals surface area contributed by atoms with Gasteiger partial charge in [-0.3, -0.25) is 14.6 Å². The molecule has 9 heteroatoms. The van der Waals surface area contributed by atoms with Crippen molar-refractivity contribution in [2.24, 2.45) is 32.8 Å². The van der Waals surface area contributed by atoms with Gasteiger partial charge >= 0.3 is 0 Å². The number of amides is 2. The first-order chi connectivity index (χ1) is 20.4. The highest BCUT2D eigenvalue weighted by Gasteiger charge is 2.43. The van der Waals surface area contributed by atoms with Crippen LogP contribution in [0.2, 0.25) is 5.02 Å². The van der Waals surface area contributed by atoms with Crippen LogP contribution in [0.4, 0.5) is 0 Å². The number of benzene rings is 2. The van der Waals surface area contributed by atoms with E-state index in [1.807, 2.05) is 53.4 Å². The van der Waals surface area contributed by atoms with Crippen LogP contribution in [0, 0.1) is 11.3 Å². The Kier molecular flexibility index (Phi) is 12.0. The molecule has 1 unspecified atom stereocenters. The van der Waals surface area contributed by atoms with Crippen molar-refractivity contribution < 1.29 is 9.59 Å². The molecule has 0 spiro atoms. The Morgan fingerprint density at radius 3 is 2.40 bits per heavy atom. The second-order valence-corrected chi connectivity index (χ2v) is 12.1. The molecule has 8 nitrogen and oxygen atoms in total. The van der Waals surface area contributed by atoms with Gasteiger partial charge in [0.25, 0.3) is 0 Å². The quantitative estimate of drug-likeness (QED) is 0.245. The summed E-state index contributed by atoms with van der Waals surface area (Å²) in [7, 11) is 0. The van der Waals surface area contributed by atoms with E-state index in [9.17, 15) is 9.59 Å². The molecule has 0 radical (unpaired) electrons. The van der Waals surface area contributed by atoms with Gasteiger partial charge in [-0.05, 0) is 72.3 Å². The fourth-order valence-corrected chi connectivity index (χ4v) is 6.81. The lowest BCUT2D eigenvalue weighted by atomic mass is 9.63. The molecule has 1 saturated carbocycles. The average molecular weight is 593 g/mol. The van der Waals surface area contributed by atoms with E-state index in [1.165, 1.54) is 38.4 Å². The zero-order chi connectivity index (χ0) is 29.8. The predicted molar refractivity (Wildman–Crippen MR) is 171 cm³/mol. The lowest BCUT2D eigenvalue weighted by Gasteiger charge is -2.47. The number of hydrogen-bond acceptors (Lipinski definition) is 4. The number of nitrogens with one attached hydrogen (secondary N) is 1. The Hall–Kier alpha value is -3.23. The molecule has 1 aliphatic heterocycles. The van der Waals surface area contributed by atoms with Crippen molar-refractivity contribution in [2.75, 3.05) is 19.6 Å². The monoisotopic (exact) mass is 592 g/mol. The van der Waals surface area contributed by atoms with Gasteiger partial charge in [-0.15, -0.1) is 0 Å². The van der Waals surface area contributed by atoms with Crippen LogP contribution in [0.15, 0.2) is 58.5 Å². The van der Waals surface area contributed by atoms with Crippen LogP contribution in [0.3, 0.4) is 0 Å². The highest BCUT2D eigenvalue weighted by molar-refractivity contribution is 6.30. The minimum Gasteiger partial charge on any atom is -0.390 e. The summed E-state index contributed by atoms with van der Waals surface area (Å²) in [6.45, 7) is 2.44. The normalized spacial score (nSPS) is 18.4. The summed E-state index contributed by atoms with van der Waals surface area (Å²) in [4.78, 5) is 37.7. The third kappa shape index (κ3) is 8.65. The number of nitrogens with two attached hydrogens (primary N) is 2. The fraction of sp³-hybridized carbons (Fsp3) is 0.515. The van der Waals surface area contributed by atoms with Crippen LogP contribution in [-0.4, -0.2) is 55.1 Å². The van der Waals surface area contributed by atoms with E-state index < -0.39 is 6.04 Å².